The van der Waals surface area contributed by atoms with Crippen LogP contribution in [0.25, 0.3) is 0 Å². The largest absolute Gasteiger partial charge is 0.312 e. The molecule has 2 aliphatic carbocycles. The van der Waals surface area contributed by atoms with E-state index in [9.17, 15) is 0 Å². The third kappa shape index (κ3) is 1.93. The zero-order valence-electron chi connectivity index (χ0n) is 9.05. The van der Waals surface area contributed by atoms with Crippen molar-refractivity contribution in [3.05, 3.63) is 0 Å². The van der Waals surface area contributed by atoms with Gasteiger partial charge in [-0.1, -0.05) is 19.8 Å². The second-order valence-corrected chi connectivity index (χ2v) is 5.32. The van der Waals surface area contributed by atoms with Gasteiger partial charge in [-0.2, -0.15) is 5.26 Å². The normalized spacial score (nSPS) is 34.9. The average Bonchev–Trinajstić information content (AvgIpc) is 2.58. The molecule has 78 valence electrons. The van der Waals surface area contributed by atoms with E-state index in [4.69, 9.17) is 5.26 Å². The first-order valence-corrected chi connectivity index (χ1v) is 5.87. The molecule has 2 unspecified atom stereocenters. The van der Waals surface area contributed by atoms with Crippen molar-refractivity contribution >= 4 is 0 Å². The van der Waals surface area contributed by atoms with Crippen molar-refractivity contribution in [2.75, 3.05) is 6.54 Å². The van der Waals surface area contributed by atoms with Crippen LogP contribution < -0.4 is 5.32 Å². The summed E-state index contributed by atoms with van der Waals surface area (Å²) >= 11 is 0. The molecular weight excluding hydrogens is 172 g/mol. The molecule has 2 saturated carbocycles. The lowest BCUT2D eigenvalue weighted by molar-refractivity contribution is 0.149. The minimum Gasteiger partial charge on any atom is -0.312 e. The molecule has 0 aromatic heterocycles. The molecular formula is C12H20N2. The van der Waals surface area contributed by atoms with Crippen LogP contribution in [0.1, 0.15) is 45.4 Å². The second-order valence-electron chi connectivity index (χ2n) is 5.32. The highest BCUT2D eigenvalue weighted by Crippen LogP contribution is 2.40. The summed E-state index contributed by atoms with van der Waals surface area (Å²) in [6.07, 6.45) is 7.66. The Morgan fingerprint density at radius 2 is 2.14 bits per heavy atom. The molecule has 1 N–H and O–H groups in total. The van der Waals surface area contributed by atoms with Gasteiger partial charge < -0.3 is 5.32 Å². The molecule has 0 radical (unpaired) electrons. The maximum absolute atomic E-state index is 8.95. The maximum atomic E-state index is 8.95. The van der Waals surface area contributed by atoms with Gasteiger partial charge in [0.15, 0.2) is 0 Å². The Balaban J connectivity index is 1.77. The van der Waals surface area contributed by atoms with Crippen LogP contribution in [0.3, 0.4) is 0 Å². The molecule has 0 saturated heterocycles. The van der Waals surface area contributed by atoms with Gasteiger partial charge in [-0.05, 0) is 31.1 Å². The lowest BCUT2D eigenvalue weighted by Crippen LogP contribution is -2.42. The first-order valence-electron chi connectivity index (χ1n) is 5.87. The summed E-state index contributed by atoms with van der Waals surface area (Å²) in [6.45, 7) is 3.48. The summed E-state index contributed by atoms with van der Waals surface area (Å²) in [4.78, 5) is 0. The number of nitrogens with one attached hydrogen (secondary N) is 1. The first-order chi connectivity index (χ1) is 6.73. The first kappa shape index (κ1) is 9.98. The summed E-state index contributed by atoms with van der Waals surface area (Å²) in [5.41, 5.74) is 0.544. The Labute approximate surface area is 86.7 Å². The van der Waals surface area contributed by atoms with E-state index in [0.717, 1.165) is 13.0 Å². The lowest BCUT2D eigenvalue weighted by atomic mass is 9.70. The minimum absolute atomic E-state index is 0.277. The van der Waals surface area contributed by atoms with E-state index < -0.39 is 0 Å². The predicted octanol–water partition coefficient (Wildman–Crippen LogP) is 2.46. The van der Waals surface area contributed by atoms with Crippen LogP contribution in [-0.4, -0.2) is 12.6 Å². The smallest absolute Gasteiger partial charge is 0.0672 e. The van der Waals surface area contributed by atoms with Crippen molar-refractivity contribution < 1.29 is 0 Å². The number of hydrogen-bond acceptors (Lipinski definition) is 2. The summed E-state index contributed by atoms with van der Waals surface area (Å²) in [7, 11) is 0. The molecule has 2 atom stereocenters. The Hall–Kier alpha value is -0.550. The van der Waals surface area contributed by atoms with Crippen LogP contribution in [0.15, 0.2) is 0 Å². The molecule has 2 nitrogen and oxygen atoms in total. The van der Waals surface area contributed by atoms with Gasteiger partial charge in [0.25, 0.3) is 0 Å². The summed E-state index contributed by atoms with van der Waals surface area (Å²) in [5, 5.41) is 12.5. The molecule has 0 aromatic rings. The van der Waals surface area contributed by atoms with Gasteiger partial charge in [0.05, 0.1) is 12.0 Å². The van der Waals surface area contributed by atoms with Crippen molar-refractivity contribution in [2.24, 2.45) is 11.3 Å². The number of rotatable bonds is 3. The number of nitrogens with zero attached hydrogens (tertiary/aromatic N) is 1. The van der Waals surface area contributed by atoms with E-state index in [2.05, 4.69) is 18.3 Å². The summed E-state index contributed by atoms with van der Waals surface area (Å²) < 4.78 is 0. The third-order valence-corrected chi connectivity index (χ3v) is 4.03. The Morgan fingerprint density at radius 3 is 2.71 bits per heavy atom. The molecule has 14 heavy (non-hydrogen) atoms. The Morgan fingerprint density at radius 1 is 1.36 bits per heavy atom. The van der Waals surface area contributed by atoms with Crippen molar-refractivity contribution in [1.82, 2.24) is 5.32 Å². The van der Waals surface area contributed by atoms with Crippen LogP contribution >= 0.6 is 0 Å². The maximum Gasteiger partial charge on any atom is 0.0672 e. The zero-order valence-corrected chi connectivity index (χ0v) is 9.05. The fraction of sp³-hybridized carbons (Fsp3) is 0.917. The van der Waals surface area contributed by atoms with E-state index in [0.29, 0.717) is 11.5 Å². The standard InChI is InChI=1S/C12H20N2/c1-12(6-3-7-12)9-14-11-5-2-4-10(11)8-13/h10-11,14H,2-7,9H2,1H3. The predicted molar refractivity (Wildman–Crippen MR) is 56.7 cm³/mol. The molecule has 0 amide bonds. The van der Waals surface area contributed by atoms with Crippen LogP contribution in [0.2, 0.25) is 0 Å². The summed E-state index contributed by atoms with van der Waals surface area (Å²) in [5.74, 6) is 0.277. The van der Waals surface area contributed by atoms with Crippen LogP contribution in [0.5, 0.6) is 0 Å². The van der Waals surface area contributed by atoms with E-state index in [1.54, 1.807) is 0 Å². The van der Waals surface area contributed by atoms with Gasteiger partial charge in [0.2, 0.25) is 0 Å². The molecule has 2 heteroatoms. The highest BCUT2D eigenvalue weighted by Gasteiger charge is 2.34. The molecule has 2 aliphatic rings. The van der Waals surface area contributed by atoms with Crippen LogP contribution in [0, 0.1) is 22.7 Å². The topological polar surface area (TPSA) is 35.8 Å². The fourth-order valence-electron chi connectivity index (χ4n) is 2.69. The van der Waals surface area contributed by atoms with Gasteiger partial charge in [0.1, 0.15) is 0 Å². The molecule has 2 fully saturated rings. The number of hydrogen-bond donors (Lipinski definition) is 1. The quantitative estimate of drug-likeness (QED) is 0.745. The third-order valence-electron chi connectivity index (χ3n) is 4.03. The van der Waals surface area contributed by atoms with E-state index in [1.807, 2.05) is 0 Å². The SMILES string of the molecule is CC1(CNC2CCCC2C#N)CCC1. The van der Waals surface area contributed by atoms with Gasteiger partial charge in [-0.3, -0.25) is 0 Å². The molecule has 2 rings (SSSR count). The van der Waals surface area contributed by atoms with Crippen molar-refractivity contribution in [2.45, 2.75) is 51.5 Å². The van der Waals surface area contributed by atoms with E-state index >= 15 is 0 Å². The van der Waals surface area contributed by atoms with Crippen molar-refractivity contribution in [3.8, 4) is 6.07 Å². The second kappa shape index (κ2) is 3.90. The van der Waals surface area contributed by atoms with Gasteiger partial charge >= 0.3 is 0 Å². The van der Waals surface area contributed by atoms with E-state index in [1.165, 1.54) is 32.1 Å². The van der Waals surface area contributed by atoms with Gasteiger partial charge in [0, 0.05) is 12.6 Å². The van der Waals surface area contributed by atoms with Crippen LogP contribution in [0.4, 0.5) is 0 Å². The highest BCUT2D eigenvalue weighted by atomic mass is 14.9. The summed E-state index contributed by atoms with van der Waals surface area (Å²) in [6, 6.07) is 2.91. The Bertz CT molecular complexity index is 237. The van der Waals surface area contributed by atoms with Gasteiger partial charge in [-0.25, -0.2) is 0 Å². The lowest BCUT2D eigenvalue weighted by Gasteiger charge is -2.39. The van der Waals surface area contributed by atoms with Crippen molar-refractivity contribution in [1.29, 1.82) is 5.26 Å². The monoisotopic (exact) mass is 192 g/mol. The minimum atomic E-state index is 0.277. The zero-order chi connectivity index (χ0) is 10.0. The number of nitriles is 1. The molecule has 0 bridgehead atoms. The molecule has 0 spiro atoms. The fourth-order valence-corrected chi connectivity index (χ4v) is 2.69. The molecule has 0 aromatic carbocycles. The Kier molecular flexibility index (Phi) is 2.78. The van der Waals surface area contributed by atoms with E-state index in [-0.39, 0.29) is 5.92 Å². The van der Waals surface area contributed by atoms with Gasteiger partial charge in [-0.15, -0.1) is 0 Å². The molecule has 0 heterocycles. The highest BCUT2D eigenvalue weighted by molar-refractivity contribution is 4.97. The van der Waals surface area contributed by atoms with Crippen molar-refractivity contribution in [3.63, 3.8) is 0 Å². The van der Waals surface area contributed by atoms with Crippen LogP contribution in [-0.2, 0) is 0 Å². The average molecular weight is 192 g/mol. The molecule has 0 aliphatic heterocycles.